The number of ether oxygens (including phenoxy) is 1. The first-order chi connectivity index (χ1) is 8.99. The van der Waals surface area contributed by atoms with Crippen LogP contribution in [0.5, 0.6) is 11.5 Å². The van der Waals surface area contributed by atoms with Crippen molar-refractivity contribution >= 4 is 34.8 Å². The van der Waals surface area contributed by atoms with Crippen molar-refractivity contribution in [1.82, 2.24) is 0 Å². The van der Waals surface area contributed by atoms with E-state index >= 15 is 0 Å². The summed E-state index contributed by atoms with van der Waals surface area (Å²) in [5, 5.41) is 1.37. The van der Waals surface area contributed by atoms with Crippen molar-refractivity contribution in [2.24, 2.45) is 5.73 Å². The zero-order chi connectivity index (χ0) is 14.0. The van der Waals surface area contributed by atoms with Gasteiger partial charge in [0.2, 0.25) is 0 Å². The van der Waals surface area contributed by atoms with E-state index in [0.29, 0.717) is 26.6 Å². The Bertz CT molecular complexity index is 599. The highest BCUT2D eigenvalue weighted by Gasteiger charge is 2.10. The van der Waals surface area contributed by atoms with Gasteiger partial charge in [-0.2, -0.15) is 0 Å². The summed E-state index contributed by atoms with van der Waals surface area (Å²) in [6, 6.07) is 10.4. The zero-order valence-electron chi connectivity index (χ0n) is 10.2. The van der Waals surface area contributed by atoms with E-state index < -0.39 is 0 Å². The average Bonchev–Trinajstić information content (AvgIpc) is 2.34. The lowest BCUT2D eigenvalue weighted by molar-refractivity contribution is 0.482. The van der Waals surface area contributed by atoms with E-state index in [1.165, 1.54) is 0 Å². The topological polar surface area (TPSA) is 35.2 Å². The van der Waals surface area contributed by atoms with E-state index in [9.17, 15) is 0 Å². The van der Waals surface area contributed by atoms with Crippen LogP contribution in [0.4, 0.5) is 0 Å². The predicted molar refractivity (Wildman–Crippen MR) is 80.6 cm³/mol. The molecule has 0 radical (unpaired) electrons. The van der Waals surface area contributed by atoms with Crippen molar-refractivity contribution < 1.29 is 4.74 Å². The van der Waals surface area contributed by atoms with Crippen molar-refractivity contribution in [1.29, 1.82) is 0 Å². The van der Waals surface area contributed by atoms with Gasteiger partial charge in [0, 0.05) is 11.1 Å². The quantitative estimate of drug-likeness (QED) is 0.816. The minimum atomic E-state index is -0.128. The standard InChI is InChI=1S/C14H12Cl3NO/c1-8(18)10-6-5-9(7-12(10)16)19-13-4-2-3-11(15)14(13)17/h2-8H,18H2,1H3. The molecule has 0 saturated carbocycles. The second kappa shape index (κ2) is 6.02. The number of rotatable bonds is 3. The fourth-order valence-electron chi connectivity index (χ4n) is 1.63. The fourth-order valence-corrected chi connectivity index (χ4v) is 2.30. The number of benzene rings is 2. The van der Waals surface area contributed by atoms with Crippen LogP contribution in [0, 0.1) is 0 Å². The van der Waals surface area contributed by atoms with Crippen LogP contribution < -0.4 is 10.5 Å². The Kier molecular flexibility index (Phi) is 4.58. The molecule has 2 nitrogen and oxygen atoms in total. The molecule has 1 atom stereocenters. The monoisotopic (exact) mass is 315 g/mol. The molecule has 19 heavy (non-hydrogen) atoms. The number of hydrogen-bond donors (Lipinski definition) is 1. The summed E-state index contributed by atoms with van der Waals surface area (Å²) in [5.74, 6) is 1.07. The Morgan fingerprint density at radius 3 is 2.42 bits per heavy atom. The highest BCUT2D eigenvalue weighted by Crippen LogP contribution is 2.36. The molecule has 1 unspecified atom stereocenters. The third-order valence-corrected chi connectivity index (χ3v) is 3.74. The highest BCUT2D eigenvalue weighted by molar-refractivity contribution is 6.42. The smallest absolute Gasteiger partial charge is 0.147 e. The van der Waals surface area contributed by atoms with Crippen LogP contribution in [0.15, 0.2) is 36.4 Å². The van der Waals surface area contributed by atoms with Crippen molar-refractivity contribution in [2.45, 2.75) is 13.0 Å². The second-order valence-electron chi connectivity index (χ2n) is 4.13. The number of nitrogens with two attached hydrogens (primary N) is 1. The van der Waals surface area contributed by atoms with Crippen LogP contribution in [-0.2, 0) is 0 Å². The van der Waals surface area contributed by atoms with E-state index in [-0.39, 0.29) is 6.04 Å². The molecule has 0 fully saturated rings. The van der Waals surface area contributed by atoms with Crippen LogP contribution in [0.1, 0.15) is 18.5 Å². The molecule has 0 aromatic heterocycles. The molecule has 100 valence electrons. The SMILES string of the molecule is CC(N)c1ccc(Oc2cccc(Cl)c2Cl)cc1Cl. The van der Waals surface area contributed by atoms with Gasteiger partial charge in [0.25, 0.3) is 0 Å². The predicted octanol–water partition coefficient (Wildman–Crippen LogP) is 5.46. The maximum Gasteiger partial charge on any atom is 0.147 e. The largest absolute Gasteiger partial charge is 0.456 e. The van der Waals surface area contributed by atoms with Gasteiger partial charge in [-0.05, 0) is 36.8 Å². The van der Waals surface area contributed by atoms with Crippen LogP contribution in [0.3, 0.4) is 0 Å². The molecular weight excluding hydrogens is 305 g/mol. The molecule has 0 aliphatic carbocycles. The van der Waals surface area contributed by atoms with Gasteiger partial charge in [-0.1, -0.05) is 46.9 Å². The maximum absolute atomic E-state index is 6.14. The first-order valence-electron chi connectivity index (χ1n) is 5.66. The first kappa shape index (κ1) is 14.5. The van der Waals surface area contributed by atoms with E-state index in [2.05, 4.69) is 0 Å². The Morgan fingerprint density at radius 1 is 1.05 bits per heavy atom. The number of halogens is 3. The molecular formula is C14H12Cl3NO. The van der Waals surface area contributed by atoms with Gasteiger partial charge in [-0.15, -0.1) is 0 Å². The maximum atomic E-state index is 6.14. The van der Waals surface area contributed by atoms with Gasteiger partial charge in [0.05, 0.1) is 5.02 Å². The third kappa shape index (κ3) is 3.34. The van der Waals surface area contributed by atoms with Crippen molar-refractivity contribution in [3.05, 3.63) is 57.0 Å². The summed E-state index contributed by atoms with van der Waals surface area (Å²) >= 11 is 18.1. The Labute approximate surface area is 127 Å². The van der Waals surface area contributed by atoms with Gasteiger partial charge < -0.3 is 10.5 Å². The van der Waals surface area contributed by atoms with E-state index in [0.717, 1.165) is 5.56 Å². The molecule has 0 spiro atoms. The van der Waals surface area contributed by atoms with Gasteiger partial charge in [-0.25, -0.2) is 0 Å². The summed E-state index contributed by atoms with van der Waals surface area (Å²) in [7, 11) is 0. The molecule has 0 bridgehead atoms. The zero-order valence-corrected chi connectivity index (χ0v) is 12.4. The average molecular weight is 317 g/mol. The molecule has 0 amide bonds. The summed E-state index contributed by atoms with van der Waals surface area (Å²) in [6.07, 6.45) is 0. The minimum absolute atomic E-state index is 0.128. The van der Waals surface area contributed by atoms with Crippen LogP contribution >= 0.6 is 34.8 Å². The molecule has 0 saturated heterocycles. The highest BCUT2D eigenvalue weighted by atomic mass is 35.5. The van der Waals surface area contributed by atoms with Crippen LogP contribution in [-0.4, -0.2) is 0 Å². The summed E-state index contributed by atoms with van der Waals surface area (Å²) in [5.41, 5.74) is 6.66. The van der Waals surface area contributed by atoms with Crippen LogP contribution in [0.25, 0.3) is 0 Å². The molecule has 0 aliphatic heterocycles. The van der Waals surface area contributed by atoms with E-state index in [1.807, 2.05) is 13.0 Å². The normalized spacial score (nSPS) is 12.3. The van der Waals surface area contributed by atoms with Gasteiger partial charge in [0.15, 0.2) is 0 Å². The molecule has 2 aromatic rings. The van der Waals surface area contributed by atoms with Crippen LogP contribution in [0.2, 0.25) is 15.1 Å². The summed E-state index contributed by atoms with van der Waals surface area (Å²) < 4.78 is 5.66. The van der Waals surface area contributed by atoms with Crippen molar-refractivity contribution in [3.8, 4) is 11.5 Å². The lowest BCUT2D eigenvalue weighted by atomic mass is 10.1. The van der Waals surface area contributed by atoms with Gasteiger partial charge >= 0.3 is 0 Å². The van der Waals surface area contributed by atoms with Crippen molar-refractivity contribution in [3.63, 3.8) is 0 Å². The molecule has 2 rings (SSSR count). The Balaban J connectivity index is 2.29. The van der Waals surface area contributed by atoms with E-state index in [4.69, 9.17) is 45.3 Å². The summed E-state index contributed by atoms with van der Waals surface area (Å²) in [4.78, 5) is 0. The van der Waals surface area contributed by atoms with E-state index in [1.54, 1.807) is 30.3 Å². The first-order valence-corrected chi connectivity index (χ1v) is 6.79. The second-order valence-corrected chi connectivity index (χ2v) is 5.32. The number of hydrogen-bond acceptors (Lipinski definition) is 2. The van der Waals surface area contributed by atoms with Gasteiger partial charge in [0.1, 0.15) is 16.5 Å². The molecule has 2 N–H and O–H groups in total. The van der Waals surface area contributed by atoms with Gasteiger partial charge in [-0.3, -0.25) is 0 Å². The molecule has 5 heteroatoms. The fraction of sp³-hybridized carbons (Fsp3) is 0.143. The minimum Gasteiger partial charge on any atom is -0.456 e. The third-order valence-electron chi connectivity index (χ3n) is 2.61. The van der Waals surface area contributed by atoms with Crippen molar-refractivity contribution in [2.75, 3.05) is 0 Å². The lowest BCUT2D eigenvalue weighted by Gasteiger charge is -2.12. The lowest BCUT2D eigenvalue weighted by Crippen LogP contribution is -2.05. The Hall–Kier alpha value is -0.930. The molecule has 0 heterocycles. The molecule has 0 aliphatic rings. The molecule has 2 aromatic carbocycles. The Morgan fingerprint density at radius 2 is 1.79 bits per heavy atom. The summed E-state index contributed by atoms with van der Waals surface area (Å²) in [6.45, 7) is 1.87.